The number of anilines is 1. The van der Waals surface area contributed by atoms with Gasteiger partial charge in [-0.2, -0.15) is 5.10 Å². The Labute approximate surface area is 167 Å². The summed E-state index contributed by atoms with van der Waals surface area (Å²) >= 11 is 9.45. The number of aromatic nitrogens is 2. The fourth-order valence-electron chi connectivity index (χ4n) is 4.39. The molecule has 0 radical (unpaired) electrons. The van der Waals surface area contributed by atoms with E-state index in [2.05, 4.69) is 21.0 Å². The maximum Gasteiger partial charge on any atom is 0.241 e. The van der Waals surface area contributed by atoms with Crippen molar-refractivity contribution in [3.63, 3.8) is 0 Å². The third-order valence-corrected chi connectivity index (χ3v) is 6.49. The Bertz CT molecular complexity index is 933. The number of benzene rings is 1. The van der Waals surface area contributed by atoms with Crippen LogP contribution < -0.4 is 4.90 Å². The number of carbonyl (C=O) groups is 2. The van der Waals surface area contributed by atoms with Crippen molar-refractivity contribution in [2.75, 3.05) is 4.90 Å². The van der Waals surface area contributed by atoms with E-state index in [0.717, 1.165) is 17.7 Å². The summed E-state index contributed by atoms with van der Waals surface area (Å²) in [4.78, 5) is 26.9. The third-order valence-electron chi connectivity index (χ3n) is 5.58. The van der Waals surface area contributed by atoms with E-state index in [1.165, 1.54) is 16.8 Å². The van der Waals surface area contributed by atoms with E-state index in [0.29, 0.717) is 15.1 Å². The van der Waals surface area contributed by atoms with E-state index in [1.54, 1.807) is 12.3 Å². The van der Waals surface area contributed by atoms with E-state index in [1.807, 2.05) is 0 Å². The number of halogens is 3. The number of ether oxygens (including phenoxy) is 1. The van der Waals surface area contributed by atoms with Gasteiger partial charge in [0.2, 0.25) is 11.8 Å². The molecule has 2 aromatic rings. The Morgan fingerprint density at radius 3 is 2.52 bits per heavy atom. The van der Waals surface area contributed by atoms with Crippen LogP contribution >= 0.6 is 27.5 Å². The lowest BCUT2D eigenvalue weighted by molar-refractivity contribution is -0.124. The Balaban J connectivity index is 1.47. The zero-order valence-corrected chi connectivity index (χ0v) is 16.3. The van der Waals surface area contributed by atoms with Gasteiger partial charge in [-0.15, -0.1) is 0 Å². The van der Waals surface area contributed by atoms with Crippen LogP contribution in [0.25, 0.3) is 0 Å². The zero-order valence-electron chi connectivity index (χ0n) is 13.9. The van der Waals surface area contributed by atoms with Crippen LogP contribution in [0.3, 0.4) is 0 Å². The van der Waals surface area contributed by atoms with Crippen LogP contribution in [0, 0.1) is 17.7 Å². The van der Waals surface area contributed by atoms with Crippen LogP contribution in [0.1, 0.15) is 18.4 Å². The van der Waals surface area contributed by atoms with E-state index in [4.69, 9.17) is 16.3 Å². The Hall–Kier alpha value is -1.77. The largest absolute Gasteiger partial charge is 0.373 e. The summed E-state index contributed by atoms with van der Waals surface area (Å²) in [6.45, 7) is 0.0849. The molecule has 3 aliphatic heterocycles. The van der Waals surface area contributed by atoms with Crippen molar-refractivity contribution in [2.24, 2.45) is 11.8 Å². The minimum atomic E-state index is -0.438. The summed E-state index contributed by atoms with van der Waals surface area (Å²) in [5.74, 6) is -1.60. The quantitative estimate of drug-likeness (QED) is 0.669. The monoisotopic (exact) mass is 453 g/mol. The zero-order chi connectivity index (χ0) is 18.9. The molecule has 0 saturated carbocycles. The summed E-state index contributed by atoms with van der Waals surface area (Å²) in [5.41, 5.74) is 0.295. The fraction of sp³-hybridized carbons (Fsp3) is 0.389. The van der Waals surface area contributed by atoms with Crippen LogP contribution in [0.15, 0.2) is 28.9 Å². The molecular weight excluding hydrogens is 441 g/mol. The Kier molecular flexibility index (Phi) is 3.93. The summed E-state index contributed by atoms with van der Waals surface area (Å²) in [7, 11) is 0. The lowest BCUT2D eigenvalue weighted by Crippen LogP contribution is -2.34. The highest BCUT2D eigenvalue weighted by Gasteiger charge is 2.63. The smallest absolute Gasteiger partial charge is 0.241 e. The lowest BCUT2D eigenvalue weighted by Gasteiger charge is -2.15. The summed E-state index contributed by atoms with van der Waals surface area (Å²) < 4.78 is 21.7. The minimum Gasteiger partial charge on any atom is -0.373 e. The summed E-state index contributed by atoms with van der Waals surface area (Å²) in [6.07, 6.45) is 2.86. The lowest BCUT2D eigenvalue weighted by atomic mass is 9.81. The van der Waals surface area contributed by atoms with Gasteiger partial charge in [-0.1, -0.05) is 17.7 Å². The normalized spacial score (nSPS) is 29.1. The second-order valence-electron chi connectivity index (χ2n) is 7.05. The number of hydrogen-bond donors (Lipinski definition) is 0. The van der Waals surface area contributed by atoms with Crippen LogP contribution in [0.5, 0.6) is 0 Å². The van der Waals surface area contributed by atoms with Gasteiger partial charge in [-0.05, 0) is 40.9 Å². The maximum atomic E-state index is 14.0. The predicted molar refractivity (Wildman–Crippen MR) is 97.8 cm³/mol. The van der Waals surface area contributed by atoms with Gasteiger partial charge in [0.1, 0.15) is 5.82 Å². The highest BCUT2D eigenvalue weighted by Crippen LogP contribution is 2.49. The van der Waals surface area contributed by atoms with Gasteiger partial charge in [0.15, 0.2) is 5.82 Å². The summed E-state index contributed by atoms with van der Waals surface area (Å²) in [6, 6.07) is 4.46. The fourth-order valence-corrected chi connectivity index (χ4v) is 5.10. The minimum absolute atomic E-state index is 0.0849. The van der Waals surface area contributed by atoms with Gasteiger partial charge in [-0.25, -0.2) is 9.29 Å². The average molecular weight is 455 g/mol. The molecule has 0 unspecified atom stereocenters. The van der Waals surface area contributed by atoms with Crippen LogP contribution in [-0.2, 0) is 20.9 Å². The molecule has 9 heteroatoms. The highest BCUT2D eigenvalue weighted by molar-refractivity contribution is 9.10. The van der Waals surface area contributed by atoms with Crippen molar-refractivity contribution in [3.05, 3.63) is 45.3 Å². The molecule has 5 rings (SSSR count). The van der Waals surface area contributed by atoms with Crippen LogP contribution in [-0.4, -0.2) is 33.8 Å². The molecule has 2 amide bonds. The number of rotatable bonds is 3. The Morgan fingerprint density at radius 2 is 1.89 bits per heavy atom. The van der Waals surface area contributed by atoms with E-state index in [-0.39, 0.29) is 36.4 Å². The molecule has 140 valence electrons. The molecule has 4 atom stereocenters. The van der Waals surface area contributed by atoms with Crippen LogP contribution in [0.2, 0.25) is 5.02 Å². The molecule has 3 saturated heterocycles. The molecule has 0 N–H and O–H groups in total. The molecule has 6 nitrogen and oxygen atoms in total. The number of fused-ring (bicyclic) bond motifs is 5. The Morgan fingerprint density at radius 1 is 1.22 bits per heavy atom. The van der Waals surface area contributed by atoms with Crippen LogP contribution in [0.4, 0.5) is 10.2 Å². The first-order chi connectivity index (χ1) is 13.0. The van der Waals surface area contributed by atoms with E-state index >= 15 is 0 Å². The van der Waals surface area contributed by atoms with Gasteiger partial charge in [-0.3, -0.25) is 14.3 Å². The van der Waals surface area contributed by atoms with Crippen molar-refractivity contribution >= 4 is 45.2 Å². The van der Waals surface area contributed by atoms with Crippen molar-refractivity contribution in [1.82, 2.24) is 9.78 Å². The molecule has 0 aliphatic carbocycles. The molecule has 0 spiro atoms. The van der Waals surface area contributed by atoms with Gasteiger partial charge in [0.25, 0.3) is 0 Å². The molecule has 1 aromatic carbocycles. The molecule has 27 heavy (non-hydrogen) atoms. The second-order valence-corrected chi connectivity index (χ2v) is 8.31. The first kappa shape index (κ1) is 17.3. The van der Waals surface area contributed by atoms with E-state index < -0.39 is 17.7 Å². The van der Waals surface area contributed by atoms with Crippen molar-refractivity contribution in [3.8, 4) is 0 Å². The molecule has 2 bridgehead atoms. The standard InChI is InChI=1S/C18H14BrClFN3O3/c19-9-7-23(6-8-10(20)2-1-3-11(8)21)22-16(9)24-17(25)14-12-4-5-13(27-12)15(14)18(24)26/h1-3,7,12-15H,4-6H2/t12-,13-,14+,15+/m1/s1. The first-order valence-electron chi connectivity index (χ1n) is 8.65. The summed E-state index contributed by atoms with van der Waals surface area (Å²) in [5, 5.41) is 4.65. The molecule has 3 fully saturated rings. The topological polar surface area (TPSA) is 64.4 Å². The molecule has 4 heterocycles. The van der Waals surface area contributed by atoms with Crippen molar-refractivity contribution < 1.29 is 18.7 Å². The predicted octanol–water partition coefficient (Wildman–Crippen LogP) is 3.15. The van der Waals surface area contributed by atoms with Crippen molar-refractivity contribution in [2.45, 2.75) is 31.6 Å². The van der Waals surface area contributed by atoms with Crippen molar-refractivity contribution in [1.29, 1.82) is 0 Å². The molecule has 1 aromatic heterocycles. The average Bonchev–Trinajstić information content (AvgIpc) is 3.36. The SMILES string of the molecule is O=C1[C@@H]2[C@@H](C(=O)N1c1nn(Cc3c(F)cccc3Cl)cc1Br)[C@H]1CC[C@H]2O1. The number of amides is 2. The number of carbonyl (C=O) groups excluding carboxylic acids is 2. The number of nitrogens with zero attached hydrogens (tertiary/aromatic N) is 3. The second kappa shape index (κ2) is 6.12. The maximum absolute atomic E-state index is 14.0. The third kappa shape index (κ3) is 2.50. The van der Waals surface area contributed by atoms with Gasteiger partial charge >= 0.3 is 0 Å². The van der Waals surface area contributed by atoms with E-state index in [9.17, 15) is 14.0 Å². The molecular formula is C18H14BrClFN3O3. The number of imide groups is 1. The van der Waals surface area contributed by atoms with Gasteiger partial charge in [0.05, 0.1) is 35.1 Å². The highest BCUT2D eigenvalue weighted by atomic mass is 79.9. The van der Waals surface area contributed by atoms with Gasteiger partial charge in [0, 0.05) is 16.8 Å². The number of hydrogen-bond acceptors (Lipinski definition) is 4. The molecule has 3 aliphatic rings. The van der Waals surface area contributed by atoms with Gasteiger partial charge < -0.3 is 4.74 Å². The first-order valence-corrected chi connectivity index (χ1v) is 9.82.